The maximum atomic E-state index is 13.9. The van der Waals surface area contributed by atoms with Crippen molar-refractivity contribution in [3.63, 3.8) is 0 Å². The summed E-state index contributed by atoms with van der Waals surface area (Å²) >= 11 is 0. The molecule has 1 amide bonds. The molecular formula is C16H17FN2O2. The molecule has 0 aliphatic heterocycles. The summed E-state index contributed by atoms with van der Waals surface area (Å²) < 4.78 is 19.4. The number of hydrogen-bond donors (Lipinski definition) is 2. The van der Waals surface area contributed by atoms with E-state index in [9.17, 15) is 9.18 Å². The molecule has 110 valence electrons. The summed E-state index contributed by atoms with van der Waals surface area (Å²) in [5.41, 5.74) is 11.9. The first-order valence-electron chi connectivity index (χ1n) is 6.56. The van der Waals surface area contributed by atoms with E-state index >= 15 is 0 Å². The first kappa shape index (κ1) is 15.0. The van der Waals surface area contributed by atoms with Gasteiger partial charge in [-0.3, -0.25) is 4.79 Å². The highest BCUT2D eigenvalue weighted by Gasteiger charge is 2.13. The minimum atomic E-state index is -0.893. The zero-order chi connectivity index (χ0) is 15.2. The van der Waals surface area contributed by atoms with Crippen LogP contribution in [-0.4, -0.2) is 11.9 Å². The van der Waals surface area contributed by atoms with E-state index in [0.29, 0.717) is 17.9 Å². The van der Waals surface area contributed by atoms with Crippen molar-refractivity contribution in [2.45, 2.75) is 19.1 Å². The molecule has 2 rings (SSSR count). The fraction of sp³-hybridized carbons (Fsp3) is 0.188. The Kier molecular flexibility index (Phi) is 4.90. The third kappa shape index (κ3) is 4.29. The van der Waals surface area contributed by atoms with Gasteiger partial charge in [0.25, 0.3) is 0 Å². The van der Waals surface area contributed by atoms with Crippen LogP contribution in [0.1, 0.15) is 11.1 Å². The molecule has 0 spiro atoms. The molecule has 0 bridgehead atoms. The molecule has 0 heterocycles. The summed E-state index contributed by atoms with van der Waals surface area (Å²) in [6.45, 7) is 0.362. The summed E-state index contributed by atoms with van der Waals surface area (Å²) in [6.07, 6.45) is 0.0696. The fourth-order valence-corrected chi connectivity index (χ4v) is 1.86. The molecule has 4 N–H and O–H groups in total. The number of halogens is 1. The topological polar surface area (TPSA) is 78.3 Å². The zero-order valence-corrected chi connectivity index (χ0v) is 11.5. The van der Waals surface area contributed by atoms with Crippen molar-refractivity contribution < 1.29 is 13.9 Å². The molecule has 0 saturated heterocycles. The van der Waals surface area contributed by atoms with Crippen molar-refractivity contribution in [3.05, 3.63) is 65.5 Å². The van der Waals surface area contributed by atoms with Crippen molar-refractivity contribution in [2.24, 2.45) is 11.5 Å². The van der Waals surface area contributed by atoms with Gasteiger partial charge in [0.2, 0.25) is 5.91 Å². The second kappa shape index (κ2) is 6.85. The van der Waals surface area contributed by atoms with Gasteiger partial charge in [-0.05, 0) is 23.6 Å². The average molecular weight is 288 g/mol. The first-order chi connectivity index (χ1) is 10.1. The quantitative estimate of drug-likeness (QED) is 0.850. The number of ether oxygens (including phenoxy) is 1. The van der Waals surface area contributed by atoms with Crippen molar-refractivity contribution in [3.8, 4) is 5.75 Å². The van der Waals surface area contributed by atoms with Crippen LogP contribution in [0, 0.1) is 5.82 Å². The second-order valence-corrected chi connectivity index (χ2v) is 4.74. The third-order valence-electron chi connectivity index (χ3n) is 3.08. The smallest absolute Gasteiger partial charge is 0.234 e. The monoisotopic (exact) mass is 288 g/mol. The Bertz CT molecular complexity index is 617. The lowest BCUT2D eigenvalue weighted by atomic mass is 10.1. The van der Waals surface area contributed by atoms with Crippen LogP contribution in [0.5, 0.6) is 5.75 Å². The van der Waals surface area contributed by atoms with E-state index in [1.165, 1.54) is 6.07 Å². The predicted octanol–water partition coefficient (Wildman–Crippen LogP) is 1.76. The summed E-state index contributed by atoms with van der Waals surface area (Å²) in [5.74, 6) is -0.691. The molecule has 5 heteroatoms. The van der Waals surface area contributed by atoms with Crippen molar-refractivity contribution >= 4 is 5.91 Å². The van der Waals surface area contributed by atoms with E-state index in [1.807, 2.05) is 30.3 Å². The lowest BCUT2D eigenvalue weighted by Gasteiger charge is -2.11. The first-order valence-corrected chi connectivity index (χ1v) is 6.56. The van der Waals surface area contributed by atoms with Crippen LogP contribution in [0.3, 0.4) is 0 Å². The molecule has 0 aliphatic carbocycles. The number of benzene rings is 2. The van der Waals surface area contributed by atoms with Gasteiger partial charge < -0.3 is 16.2 Å². The average Bonchev–Trinajstić information content (AvgIpc) is 2.48. The van der Waals surface area contributed by atoms with Gasteiger partial charge in [-0.15, -0.1) is 0 Å². The number of amides is 1. The van der Waals surface area contributed by atoms with Gasteiger partial charge in [0.05, 0.1) is 6.04 Å². The Balaban J connectivity index is 2.00. The van der Waals surface area contributed by atoms with E-state index in [2.05, 4.69) is 0 Å². The van der Waals surface area contributed by atoms with Crippen LogP contribution in [0.25, 0.3) is 0 Å². The Morgan fingerprint density at radius 3 is 2.52 bits per heavy atom. The maximum absolute atomic E-state index is 13.9. The number of rotatable bonds is 6. The van der Waals surface area contributed by atoms with Crippen LogP contribution >= 0.6 is 0 Å². The number of carbonyl (C=O) groups is 1. The molecule has 1 atom stereocenters. The van der Waals surface area contributed by atoms with Crippen LogP contribution < -0.4 is 16.2 Å². The normalized spacial score (nSPS) is 11.9. The number of hydrogen-bond acceptors (Lipinski definition) is 3. The van der Waals surface area contributed by atoms with Gasteiger partial charge in [0, 0.05) is 6.07 Å². The lowest BCUT2D eigenvalue weighted by molar-refractivity contribution is -0.119. The Hall–Kier alpha value is -2.40. The van der Waals surface area contributed by atoms with Gasteiger partial charge in [-0.1, -0.05) is 36.4 Å². The molecule has 2 aromatic rings. The zero-order valence-electron chi connectivity index (χ0n) is 11.5. The molecule has 1 unspecified atom stereocenters. The van der Waals surface area contributed by atoms with Crippen molar-refractivity contribution in [2.75, 3.05) is 0 Å². The predicted molar refractivity (Wildman–Crippen MR) is 78.0 cm³/mol. The minimum Gasteiger partial charge on any atom is -0.489 e. The molecule has 21 heavy (non-hydrogen) atoms. The highest BCUT2D eigenvalue weighted by atomic mass is 19.1. The number of nitrogens with two attached hydrogens (primary N) is 2. The van der Waals surface area contributed by atoms with E-state index in [4.69, 9.17) is 16.2 Å². The van der Waals surface area contributed by atoms with Gasteiger partial charge in [-0.25, -0.2) is 4.39 Å². The van der Waals surface area contributed by atoms with Gasteiger partial charge in [0.15, 0.2) is 0 Å². The lowest BCUT2D eigenvalue weighted by Crippen LogP contribution is -2.38. The van der Waals surface area contributed by atoms with Crippen LogP contribution in [0.4, 0.5) is 4.39 Å². The van der Waals surface area contributed by atoms with E-state index in [1.54, 1.807) is 12.1 Å². The van der Waals surface area contributed by atoms with Gasteiger partial charge in [0.1, 0.15) is 18.2 Å². The Labute approximate surface area is 122 Å². The highest BCUT2D eigenvalue weighted by Crippen LogP contribution is 2.19. The maximum Gasteiger partial charge on any atom is 0.234 e. The second-order valence-electron chi connectivity index (χ2n) is 4.74. The van der Waals surface area contributed by atoms with Gasteiger partial charge in [-0.2, -0.15) is 0 Å². The summed E-state index contributed by atoms with van der Waals surface area (Å²) in [5, 5.41) is 0. The summed E-state index contributed by atoms with van der Waals surface area (Å²) in [7, 11) is 0. The SMILES string of the molecule is NC(=O)C(N)Cc1ccc(OCc2ccccc2)cc1F. The molecule has 0 aromatic heterocycles. The van der Waals surface area contributed by atoms with Crippen molar-refractivity contribution in [1.82, 2.24) is 0 Å². The fourth-order valence-electron chi connectivity index (χ4n) is 1.86. The molecule has 0 saturated carbocycles. The number of carbonyl (C=O) groups excluding carboxylic acids is 1. The molecule has 4 nitrogen and oxygen atoms in total. The molecule has 0 aliphatic rings. The van der Waals surface area contributed by atoms with Crippen LogP contribution in [-0.2, 0) is 17.8 Å². The molecular weight excluding hydrogens is 271 g/mol. The molecule has 0 fully saturated rings. The third-order valence-corrected chi connectivity index (χ3v) is 3.08. The van der Waals surface area contributed by atoms with Crippen LogP contribution in [0.15, 0.2) is 48.5 Å². The summed E-state index contributed by atoms with van der Waals surface area (Å²) in [6, 6.07) is 13.2. The standard InChI is InChI=1S/C16H17FN2O2/c17-14-9-13(21-10-11-4-2-1-3-5-11)7-6-12(14)8-15(18)16(19)20/h1-7,9,15H,8,10,18H2,(H2,19,20). The number of primary amides is 1. The molecule has 0 radical (unpaired) electrons. The van der Waals surface area contributed by atoms with E-state index < -0.39 is 17.8 Å². The summed E-state index contributed by atoms with van der Waals surface area (Å²) in [4.78, 5) is 10.9. The molecule has 2 aromatic carbocycles. The van der Waals surface area contributed by atoms with Gasteiger partial charge >= 0.3 is 0 Å². The van der Waals surface area contributed by atoms with Crippen LogP contribution in [0.2, 0.25) is 0 Å². The van der Waals surface area contributed by atoms with E-state index in [-0.39, 0.29) is 6.42 Å². The van der Waals surface area contributed by atoms with Crippen molar-refractivity contribution in [1.29, 1.82) is 0 Å². The highest BCUT2D eigenvalue weighted by molar-refractivity contribution is 5.79. The largest absolute Gasteiger partial charge is 0.489 e. The minimum absolute atomic E-state index is 0.0696. The Morgan fingerprint density at radius 2 is 1.90 bits per heavy atom. The Morgan fingerprint density at radius 1 is 1.19 bits per heavy atom. The van der Waals surface area contributed by atoms with E-state index in [0.717, 1.165) is 5.56 Å².